The molecule has 0 aromatic rings. The molecule has 0 aliphatic rings. The Balaban J connectivity index is 4.59. The average molecular weight is 209 g/mol. The summed E-state index contributed by atoms with van der Waals surface area (Å²) in [5.41, 5.74) is 1.56. The molecule has 0 aliphatic heterocycles. The molecule has 0 radical (unpaired) electrons. The fourth-order valence-corrected chi connectivity index (χ4v) is 1.02. The average Bonchev–Trinajstić information content (AvgIpc) is 2.27. The van der Waals surface area contributed by atoms with E-state index in [1.54, 1.807) is 12.2 Å². The van der Waals surface area contributed by atoms with Crippen LogP contribution in [0.15, 0.2) is 36.1 Å². The largest absolute Gasteiger partial charge is 0.458 e. The molecule has 0 unspecified atom stereocenters. The van der Waals surface area contributed by atoms with E-state index in [4.69, 9.17) is 4.74 Å². The van der Waals surface area contributed by atoms with E-state index in [0.717, 1.165) is 5.70 Å². The zero-order chi connectivity index (χ0) is 11.7. The molecule has 0 aromatic heterocycles. The Hall–Kier alpha value is -1.51. The molecule has 84 valence electrons. The van der Waals surface area contributed by atoms with Crippen molar-refractivity contribution in [1.82, 2.24) is 5.32 Å². The van der Waals surface area contributed by atoms with Crippen molar-refractivity contribution in [2.75, 3.05) is 13.7 Å². The third-order valence-electron chi connectivity index (χ3n) is 1.90. The summed E-state index contributed by atoms with van der Waals surface area (Å²) in [7, 11) is 1.81. The fourth-order valence-electron chi connectivity index (χ4n) is 1.02. The molecule has 3 heteroatoms. The van der Waals surface area contributed by atoms with Crippen molar-refractivity contribution < 1.29 is 9.53 Å². The van der Waals surface area contributed by atoms with Crippen LogP contribution in [-0.4, -0.2) is 19.6 Å². The van der Waals surface area contributed by atoms with E-state index in [1.807, 2.05) is 27.0 Å². The molecule has 3 nitrogen and oxygen atoms in total. The highest BCUT2D eigenvalue weighted by Gasteiger charge is 2.08. The zero-order valence-electron chi connectivity index (χ0n) is 9.67. The minimum atomic E-state index is -0.285. The second-order valence-electron chi connectivity index (χ2n) is 2.90. The minimum Gasteiger partial charge on any atom is -0.458 e. The molecular weight excluding hydrogens is 190 g/mol. The van der Waals surface area contributed by atoms with Gasteiger partial charge in [-0.2, -0.15) is 0 Å². The number of nitrogens with one attached hydrogen (secondary N) is 1. The van der Waals surface area contributed by atoms with E-state index >= 15 is 0 Å². The van der Waals surface area contributed by atoms with E-state index in [0.29, 0.717) is 12.0 Å². The molecule has 0 rings (SSSR count). The van der Waals surface area contributed by atoms with Gasteiger partial charge < -0.3 is 10.1 Å². The van der Waals surface area contributed by atoms with Gasteiger partial charge in [0.1, 0.15) is 6.61 Å². The van der Waals surface area contributed by atoms with Crippen molar-refractivity contribution in [2.45, 2.75) is 20.3 Å². The van der Waals surface area contributed by atoms with Gasteiger partial charge >= 0.3 is 5.97 Å². The van der Waals surface area contributed by atoms with Crippen LogP contribution in [0.2, 0.25) is 0 Å². The van der Waals surface area contributed by atoms with E-state index in [9.17, 15) is 4.79 Å². The quantitative estimate of drug-likeness (QED) is 0.315. The van der Waals surface area contributed by atoms with Crippen LogP contribution in [0, 0.1) is 0 Å². The first kappa shape index (κ1) is 13.5. The molecule has 1 N–H and O–H groups in total. The van der Waals surface area contributed by atoms with Crippen molar-refractivity contribution in [3.8, 4) is 0 Å². The number of carbonyl (C=O) groups is 1. The van der Waals surface area contributed by atoms with Crippen molar-refractivity contribution in [1.29, 1.82) is 0 Å². The summed E-state index contributed by atoms with van der Waals surface area (Å²) in [6.45, 7) is 7.57. The summed E-state index contributed by atoms with van der Waals surface area (Å²) in [4.78, 5) is 11.5. The number of ether oxygens (including phenoxy) is 1. The highest BCUT2D eigenvalue weighted by molar-refractivity contribution is 5.89. The van der Waals surface area contributed by atoms with Crippen LogP contribution in [0.1, 0.15) is 20.3 Å². The van der Waals surface area contributed by atoms with Crippen LogP contribution in [0.3, 0.4) is 0 Å². The summed E-state index contributed by atoms with van der Waals surface area (Å²) < 4.78 is 4.95. The summed E-state index contributed by atoms with van der Waals surface area (Å²) in [6, 6.07) is 0. The highest BCUT2D eigenvalue weighted by atomic mass is 16.5. The Morgan fingerprint density at radius 1 is 1.53 bits per heavy atom. The van der Waals surface area contributed by atoms with Gasteiger partial charge in [0.15, 0.2) is 0 Å². The van der Waals surface area contributed by atoms with Gasteiger partial charge in [0.2, 0.25) is 0 Å². The number of hydrogen-bond donors (Lipinski definition) is 1. The van der Waals surface area contributed by atoms with Gasteiger partial charge in [-0.1, -0.05) is 25.7 Å². The molecule has 0 aromatic carbocycles. The summed E-state index contributed by atoms with van der Waals surface area (Å²) in [6.07, 6.45) is 5.90. The Bertz CT molecular complexity index is 277. The van der Waals surface area contributed by atoms with Gasteiger partial charge in [-0.25, -0.2) is 4.79 Å². The fraction of sp³-hybridized carbons (Fsp3) is 0.417. The SMILES string of the molecule is C=CCOC(=O)/C(=C/C(=C\C)NC)CC. The molecule has 0 spiro atoms. The maximum Gasteiger partial charge on any atom is 0.334 e. The number of rotatable bonds is 6. The summed E-state index contributed by atoms with van der Waals surface area (Å²) in [5, 5.41) is 2.98. The van der Waals surface area contributed by atoms with Gasteiger partial charge in [-0.05, 0) is 19.4 Å². The lowest BCUT2D eigenvalue weighted by molar-refractivity contribution is -0.137. The topological polar surface area (TPSA) is 38.3 Å². The first-order chi connectivity index (χ1) is 7.19. The molecule has 0 fully saturated rings. The lowest BCUT2D eigenvalue weighted by Gasteiger charge is -2.06. The van der Waals surface area contributed by atoms with Gasteiger partial charge in [-0.3, -0.25) is 0 Å². The molecule has 0 heterocycles. The van der Waals surface area contributed by atoms with Crippen molar-refractivity contribution in [3.05, 3.63) is 36.1 Å². The molecule has 0 saturated heterocycles. The molecule has 0 amide bonds. The number of carbonyl (C=O) groups excluding carboxylic acids is 1. The Labute approximate surface area is 91.5 Å². The molecule has 0 aliphatic carbocycles. The van der Waals surface area contributed by atoms with Gasteiger partial charge in [0.05, 0.1) is 0 Å². The molecule has 0 atom stereocenters. The van der Waals surface area contributed by atoms with Gasteiger partial charge in [0.25, 0.3) is 0 Å². The maximum absolute atomic E-state index is 11.5. The van der Waals surface area contributed by atoms with Crippen LogP contribution in [-0.2, 0) is 9.53 Å². The van der Waals surface area contributed by atoms with Gasteiger partial charge in [-0.15, -0.1) is 0 Å². The molecule has 0 bridgehead atoms. The van der Waals surface area contributed by atoms with E-state index < -0.39 is 0 Å². The van der Waals surface area contributed by atoms with Crippen LogP contribution in [0.4, 0.5) is 0 Å². The molecule has 15 heavy (non-hydrogen) atoms. The van der Waals surface area contributed by atoms with E-state index in [2.05, 4.69) is 11.9 Å². The third-order valence-corrected chi connectivity index (χ3v) is 1.90. The summed E-state index contributed by atoms with van der Waals surface area (Å²) in [5.74, 6) is -0.285. The minimum absolute atomic E-state index is 0.251. The number of allylic oxidation sites excluding steroid dienone is 2. The van der Waals surface area contributed by atoms with Crippen LogP contribution in [0.5, 0.6) is 0 Å². The highest BCUT2D eigenvalue weighted by Crippen LogP contribution is 2.07. The molecular formula is C12H19NO2. The lowest BCUT2D eigenvalue weighted by Crippen LogP contribution is -2.10. The molecule has 0 saturated carbocycles. The predicted molar refractivity (Wildman–Crippen MR) is 62.3 cm³/mol. The van der Waals surface area contributed by atoms with E-state index in [1.165, 1.54) is 0 Å². The van der Waals surface area contributed by atoms with Crippen LogP contribution in [0.25, 0.3) is 0 Å². The van der Waals surface area contributed by atoms with Crippen molar-refractivity contribution >= 4 is 5.97 Å². The first-order valence-corrected chi connectivity index (χ1v) is 5.02. The van der Waals surface area contributed by atoms with Crippen LogP contribution < -0.4 is 5.32 Å². The monoisotopic (exact) mass is 209 g/mol. The normalized spacial score (nSPS) is 12.2. The number of hydrogen-bond acceptors (Lipinski definition) is 3. The third kappa shape index (κ3) is 5.05. The summed E-state index contributed by atoms with van der Waals surface area (Å²) >= 11 is 0. The number of esters is 1. The Morgan fingerprint density at radius 3 is 2.60 bits per heavy atom. The Morgan fingerprint density at radius 2 is 2.20 bits per heavy atom. The predicted octanol–water partition coefficient (Wildman–Crippen LogP) is 2.18. The second-order valence-corrected chi connectivity index (χ2v) is 2.90. The van der Waals surface area contributed by atoms with Crippen LogP contribution >= 0.6 is 0 Å². The van der Waals surface area contributed by atoms with Crippen molar-refractivity contribution in [3.63, 3.8) is 0 Å². The lowest BCUT2D eigenvalue weighted by atomic mass is 10.1. The number of likely N-dealkylation sites (N-methyl/N-ethyl adjacent to an activating group) is 1. The standard InChI is InChI=1S/C12H19NO2/c1-5-8-15-12(14)10(6-2)9-11(7-3)13-4/h5,7,9,13H,1,6,8H2,2-4H3/b10-9+,11-7+. The van der Waals surface area contributed by atoms with Gasteiger partial charge in [0, 0.05) is 18.3 Å². The first-order valence-electron chi connectivity index (χ1n) is 5.02. The zero-order valence-corrected chi connectivity index (χ0v) is 9.67. The maximum atomic E-state index is 11.5. The smallest absolute Gasteiger partial charge is 0.334 e. The Kier molecular flexibility index (Phi) is 7.06. The van der Waals surface area contributed by atoms with Crippen molar-refractivity contribution in [2.24, 2.45) is 0 Å². The van der Waals surface area contributed by atoms with E-state index in [-0.39, 0.29) is 12.6 Å². The second kappa shape index (κ2) is 7.85.